The monoisotopic (exact) mass is 235 g/mol. The molecule has 2 saturated carbocycles. The van der Waals surface area contributed by atoms with Crippen molar-refractivity contribution >= 4 is 0 Å². The predicted octanol–water partition coefficient (Wildman–Crippen LogP) is 0.626. The second-order valence-electron chi connectivity index (χ2n) is 5.47. The van der Waals surface area contributed by atoms with Gasteiger partial charge in [-0.2, -0.15) is 5.10 Å². The highest BCUT2D eigenvalue weighted by atomic mass is 15.3. The van der Waals surface area contributed by atoms with Crippen molar-refractivity contribution < 1.29 is 0 Å². The van der Waals surface area contributed by atoms with Crippen LogP contribution in [0.2, 0.25) is 0 Å². The molecule has 5 nitrogen and oxygen atoms in total. The lowest BCUT2D eigenvalue weighted by Crippen LogP contribution is -2.40. The maximum absolute atomic E-state index is 5.73. The molecule has 1 aromatic rings. The number of aromatic nitrogens is 3. The van der Waals surface area contributed by atoms with E-state index >= 15 is 0 Å². The molecule has 0 aliphatic heterocycles. The topological polar surface area (TPSA) is 68.8 Å². The summed E-state index contributed by atoms with van der Waals surface area (Å²) in [5, 5.41) is 4.11. The predicted molar refractivity (Wildman–Crippen MR) is 64.8 cm³/mol. The molecular weight excluding hydrogens is 214 g/mol. The lowest BCUT2D eigenvalue weighted by molar-refractivity contribution is 0.423. The van der Waals surface area contributed by atoms with Crippen molar-refractivity contribution in [2.75, 3.05) is 0 Å². The van der Waals surface area contributed by atoms with E-state index in [1.54, 1.807) is 6.33 Å². The van der Waals surface area contributed by atoms with Gasteiger partial charge < -0.3 is 0 Å². The summed E-state index contributed by atoms with van der Waals surface area (Å²) in [5.74, 6) is 9.34. The first-order valence-corrected chi connectivity index (χ1v) is 6.60. The van der Waals surface area contributed by atoms with E-state index < -0.39 is 0 Å². The second kappa shape index (κ2) is 4.38. The summed E-state index contributed by atoms with van der Waals surface area (Å²) in [6, 6.07) is 0.367. The molecular formula is C12H21N5. The number of hydrogen-bond donors (Lipinski definition) is 2. The van der Waals surface area contributed by atoms with E-state index in [1.807, 2.05) is 11.7 Å². The minimum absolute atomic E-state index is 0.367. The van der Waals surface area contributed by atoms with Gasteiger partial charge in [-0.3, -0.25) is 16.0 Å². The van der Waals surface area contributed by atoms with Gasteiger partial charge >= 0.3 is 0 Å². The van der Waals surface area contributed by atoms with Crippen molar-refractivity contribution in [2.24, 2.45) is 30.6 Å². The smallest absolute Gasteiger partial charge is 0.138 e. The van der Waals surface area contributed by atoms with Crippen molar-refractivity contribution in [3.63, 3.8) is 0 Å². The summed E-state index contributed by atoms with van der Waals surface area (Å²) in [5.41, 5.74) is 3.00. The first-order chi connectivity index (χ1) is 8.31. The molecule has 0 spiro atoms. The van der Waals surface area contributed by atoms with Crippen LogP contribution in [0.4, 0.5) is 0 Å². The molecule has 0 amide bonds. The Labute approximate surface area is 102 Å². The van der Waals surface area contributed by atoms with Gasteiger partial charge in [-0.05, 0) is 30.6 Å². The zero-order chi connectivity index (χ0) is 11.8. The van der Waals surface area contributed by atoms with Crippen LogP contribution < -0.4 is 11.3 Å². The van der Waals surface area contributed by atoms with E-state index in [0.717, 1.165) is 30.0 Å². The van der Waals surface area contributed by atoms with Crippen LogP contribution in [0.3, 0.4) is 0 Å². The summed E-state index contributed by atoms with van der Waals surface area (Å²) < 4.78 is 1.84. The Bertz CT molecular complexity index is 376. The molecule has 0 aromatic carbocycles. The number of hydrazine groups is 1. The van der Waals surface area contributed by atoms with Crippen molar-refractivity contribution in [3.8, 4) is 0 Å². The Morgan fingerprint density at radius 1 is 1.47 bits per heavy atom. The van der Waals surface area contributed by atoms with Crippen molar-refractivity contribution in [2.45, 2.75) is 38.1 Å². The van der Waals surface area contributed by atoms with Gasteiger partial charge in [0.2, 0.25) is 0 Å². The number of nitrogens with one attached hydrogen (secondary N) is 1. The second-order valence-corrected chi connectivity index (χ2v) is 5.47. The third-order valence-corrected chi connectivity index (χ3v) is 4.61. The molecule has 2 fully saturated rings. The van der Waals surface area contributed by atoms with Gasteiger partial charge in [-0.1, -0.05) is 12.8 Å². The minimum Gasteiger partial charge on any atom is -0.271 e. The van der Waals surface area contributed by atoms with E-state index in [1.165, 1.54) is 25.7 Å². The highest BCUT2D eigenvalue weighted by Gasteiger charge is 2.53. The summed E-state index contributed by atoms with van der Waals surface area (Å²) in [7, 11) is 1.94. The average molecular weight is 235 g/mol. The number of nitrogens with zero attached hydrogens (tertiary/aromatic N) is 3. The molecule has 17 heavy (non-hydrogen) atoms. The van der Waals surface area contributed by atoms with Gasteiger partial charge in [0.05, 0.1) is 0 Å². The maximum atomic E-state index is 5.73. The van der Waals surface area contributed by atoms with E-state index in [0.29, 0.717) is 6.04 Å². The molecule has 0 radical (unpaired) electrons. The third kappa shape index (κ3) is 1.98. The Balaban J connectivity index is 1.66. The fraction of sp³-hybridized carbons (Fsp3) is 0.833. The van der Waals surface area contributed by atoms with E-state index in [4.69, 9.17) is 5.84 Å². The molecule has 3 atom stereocenters. The van der Waals surface area contributed by atoms with E-state index in [2.05, 4.69) is 15.5 Å². The molecule has 0 saturated heterocycles. The van der Waals surface area contributed by atoms with Crippen LogP contribution in [0, 0.1) is 17.8 Å². The van der Waals surface area contributed by atoms with Crippen LogP contribution in [-0.4, -0.2) is 20.8 Å². The Hall–Kier alpha value is -0.940. The zero-order valence-corrected chi connectivity index (χ0v) is 10.3. The Kier molecular flexibility index (Phi) is 2.88. The van der Waals surface area contributed by atoms with Gasteiger partial charge in [0.15, 0.2) is 0 Å². The van der Waals surface area contributed by atoms with Crippen molar-refractivity contribution in [3.05, 3.63) is 12.2 Å². The standard InChI is InChI=1S/C12H21N5/c1-17-11(14-7-15-17)6-10(16-13)12-8-4-2-3-5-9(8)12/h7-10,12,16H,2-6,13H2,1H3. The van der Waals surface area contributed by atoms with Crippen LogP contribution in [0.15, 0.2) is 6.33 Å². The van der Waals surface area contributed by atoms with Gasteiger partial charge in [0.25, 0.3) is 0 Å². The summed E-state index contributed by atoms with van der Waals surface area (Å²) in [4.78, 5) is 4.29. The highest BCUT2D eigenvalue weighted by molar-refractivity contribution is 5.06. The summed E-state index contributed by atoms with van der Waals surface area (Å²) >= 11 is 0. The summed E-state index contributed by atoms with van der Waals surface area (Å²) in [6.07, 6.45) is 8.10. The number of hydrogen-bond acceptors (Lipinski definition) is 4. The highest BCUT2D eigenvalue weighted by Crippen LogP contribution is 2.57. The molecule has 1 aromatic heterocycles. The number of nitrogens with two attached hydrogens (primary N) is 1. The SMILES string of the molecule is Cn1ncnc1CC(NN)C1C2CCCCC21. The van der Waals surface area contributed by atoms with Crippen LogP contribution in [-0.2, 0) is 13.5 Å². The van der Waals surface area contributed by atoms with E-state index in [9.17, 15) is 0 Å². The van der Waals surface area contributed by atoms with Gasteiger partial charge in [-0.15, -0.1) is 0 Å². The fourth-order valence-electron chi connectivity index (χ4n) is 3.65. The normalized spacial score (nSPS) is 33.2. The lowest BCUT2D eigenvalue weighted by atomic mass is 10.0. The van der Waals surface area contributed by atoms with Gasteiger partial charge in [0, 0.05) is 19.5 Å². The van der Waals surface area contributed by atoms with Crippen LogP contribution in [0.1, 0.15) is 31.5 Å². The molecule has 3 unspecified atom stereocenters. The third-order valence-electron chi connectivity index (χ3n) is 4.61. The first kappa shape index (κ1) is 11.2. The number of rotatable bonds is 4. The zero-order valence-electron chi connectivity index (χ0n) is 10.3. The molecule has 3 rings (SSSR count). The van der Waals surface area contributed by atoms with Crippen LogP contribution in [0.25, 0.3) is 0 Å². The average Bonchev–Trinajstić information content (AvgIpc) is 2.94. The molecule has 0 bridgehead atoms. The van der Waals surface area contributed by atoms with Gasteiger partial charge in [0.1, 0.15) is 12.2 Å². The molecule has 2 aliphatic rings. The fourth-order valence-corrected chi connectivity index (χ4v) is 3.65. The number of fused-ring (bicyclic) bond motifs is 1. The molecule has 5 heteroatoms. The van der Waals surface area contributed by atoms with Crippen molar-refractivity contribution in [1.82, 2.24) is 20.2 Å². The van der Waals surface area contributed by atoms with Gasteiger partial charge in [-0.25, -0.2) is 4.98 Å². The molecule has 94 valence electrons. The lowest BCUT2D eigenvalue weighted by Gasteiger charge is -2.15. The Morgan fingerprint density at radius 3 is 2.71 bits per heavy atom. The Morgan fingerprint density at radius 2 is 2.18 bits per heavy atom. The van der Waals surface area contributed by atoms with Crippen LogP contribution >= 0.6 is 0 Å². The quantitative estimate of drug-likeness (QED) is 0.593. The maximum Gasteiger partial charge on any atom is 0.138 e. The summed E-state index contributed by atoms with van der Waals surface area (Å²) in [6.45, 7) is 0. The largest absolute Gasteiger partial charge is 0.271 e. The molecule has 3 N–H and O–H groups in total. The molecule has 1 heterocycles. The van der Waals surface area contributed by atoms with Crippen molar-refractivity contribution in [1.29, 1.82) is 0 Å². The van der Waals surface area contributed by atoms with E-state index in [-0.39, 0.29) is 0 Å². The molecule has 2 aliphatic carbocycles. The number of aryl methyl sites for hydroxylation is 1. The van der Waals surface area contributed by atoms with Crippen LogP contribution in [0.5, 0.6) is 0 Å². The first-order valence-electron chi connectivity index (χ1n) is 6.60. The minimum atomic E-state index is 0.367.